The first-order chi connectivity index (χ1) is 10.2. The van der Waals surface area contributed by atoms with Crippen molar-refractivity contribution >= 4 is 6.09 Å². The smallest absolute Gasteiger partial charge is 0.407 e. The lowest BCUT2D eigenvalue weighted by Crippen LogP contribution is -2.34. The van der Waals surface area contributed by atoms with E-state index in [-0.39, 0.29) is 31.8 Å². The predicted molar refractivity (Wildman–Crippen MR) is 89.0 cm³/mol. The van der Waals surface area contributed by atoms with Gasteiger partial charge in [-0.1, -0.05) is 21.3 Å². The Balaban J connectivity index is 0. The highest BCUT2D eigenvalue weighted by atomic mass is 19.1. The monoisotopic (exact) mass is 332 g/mol. The third kappa shape index (κ3) is 8.80. The molecule has 0 radical (unpaired) electrons. The van der Waals surface area contributed by atoms with Gasteiger partial charge in [0.1, 0.15) is 11.9 Å². The molecule has 0 aromatic carbocycles. The molecule has 1 aromatic heterocycles. The summed E-state index contributed by atoms with van der Waals surface area (Å²) in [6, 6.07) is 0. The van der Waals surface area contributed by atoms with Crippen molar-refractivity contribution in [3.05, 3.63) is 28.7 Å². The number of hydrogen-bond acceptors (Lipinski definition) is 4. The van der Waals surface area contributed by atoms with Crippen molar-refractivity contribution in [2.24, 2.45) is 7.05 Å². The van der Waals surface area contributed by atoms with Crippen molar-refractivity contribution in [1.82, 2.24) is 19.7 Å². The van der Waals surface area contributed by atoms with Crippen LogP contribution >= 0.6 is 0 Å². The first-order valence-electron chi connectivity index (χ1n) is 7.06. The van der Waals surface area contributed by atoms with Crippen molar-refractivity contribution < 1.29 is 13.9 Å². The van der Waals surface area contributed by atoms with Crippen molar-refractivity contribution in [1.29, 1.82) is 0 Å². The lowest BCUT2D eigenvalue weighted by Gasteiger charge is -2.19. The summed E-state index contributed by atoms with van der Waals surface area (Å²) in [5.74, 6) is 0. The second-order valence-corrected chi connectivity index (χ2v) is 5.30. The molecule has 1 rings (SSSR count). The molecule has 8 heteroatoms. The molecule has 0 bridgehead atoms. The third-order valence-electron chi connectivity index (χ3n) is 2.25. The number of hydrogen-bond donors (Lipinski definition) is 1. The quantitative estimate of drug-likeness (QED) is 0.919. The van der Waals surface area contributed by atoms with Gasteiger partial charge >= 0.3 is 11.8 Å². The van der Waals surface area contributed by atoms with Crippen LogP contribution in [0.3, 0.4) is 0 Å². The van der Waals surface area contributed by atoms with E-state index < -0.39 is 11.7 Å². The van der Waals surface area contributed by atoms with E-state index in [4.69, 9.17) is 4.74 Å². The Morgan fingerprint density at radius 2 is 2.00 bits per heavy atom. The normalized spacial score (nSPS) is 11.0. The molecule has 0 fully saturated rings. The van der Waals surface area contributed by atoms with Gasteiger partial charge in [0.15, 0.2) is 0 Å². The number of rotatable bonds is 4. The van der Waals surface area contributed by atoms with E-state index in [1.54, 1.807) is 27.8 Å². The number of nitrogens with one attached hydrogen (secondary N) is 1. The highest BCUT2D eigenvalue weighted by Crippen LogP contribution is 2.06. The molecule has 0 spiro atoms. The number of alkyl carbamates (subject to hydrolysis) is 1. The van der Waals surface area contributed by atoms with Crippen LogP contribution in [0.25, 0.3) is 0 Å². The summed E-state index contributed by atoms with van der Waals surface area (Å²) in [5.41, 5.74) is -0.778. The van der Waals surface area contributed by atoms with Crippen LogP contribution in [0.4, 0.5) is 9.18 Å². The molecule has 7 nitrogen and oxygen atoms in total. The van der Waals surface area contributed by atoms with Crippen LogP contribution in [-0.4, -0.2) is 32.6 Å². The van der Waals surface area contributed by atoms with Crippen LogP contribution in [-0.2, 0) is 18.3 Å². The van der Waals surface area contributed by atoms with Crippen LogP contribution in [0, 0.1) is 0 Å². The van der Waals surface area contributed by atoms with Gasteiger partial charge < -0.3 is 10.1 Å². The molecule has 1 amide bonds. The Morgan fingerprint density at radius 3 is 2.39 bits per heavy atom. The molecular weight excluding hydrogens is 303 g/mol. The lowest BCUT2D eigenvalue weighted by atomic mass is 10.2. The topological polar surface area (TPSA) is 78.2 Å². The van der Waals surface area contributed by atoms with Gasteiger partial charge in [-0.3, -0.25) is 4.57 Å². The fraction of sp³-hybridized carbons (Fsp3) is 0.667. The van der Waals surface area contributed by atoms with E-state index >= 15 is 0 Å². The second kappa shape index (κ2) is 10.6. The van der Waals surface area contributed by atoms with Gasteiger partial charge in [0.25, 0.3) is 0 Å². The predicted octanol–water partition coefficient (Wildman–Crippen LogP) is 2.62. The number of halogens is 1. The summed E-state index contributed by atoms with van der Waals surface area (Å²) in [7, 11) is 1.55. The Hall–Kier alpha value is -2.12. The molecule has 0 saturated carbocycles. The third-order valence-corrected chi connectivity index (χ3v) is 2.25. The van der Waals surface area contributed by atoms with Gasteiger partial charge in [0.05, 0.1) is 12.9 Å². The van der Waals surface area contributed by atoms with Gasteiger partial charge in [0.2, 0.25) is 0 Å². The number of nitrogens with zero attached hydrogens (tertiary/aromatic N) is 3. The number of amides is 1. The second-order valence-electron chi connectivity index (χ2n) is 5.30. The van der Waals surface area contributed by atoms with E-state index in [9.17, 15) is 14.0 Å². The van der Waals surface area contributed by atoms with E-state index in [0.29, 0.717) is 6.33 Å². The summed E-state index contributed by atoms with van der Waals surface area (Å²) in [4.78, 5) is 23.0. The average Bonchev–Trinajstić information content (AvgIpc) is 2.75. The minimum absolute atomic E-state index is 0. The molecule has 134 valence electrons. The zero-order chi connectivity index (χ0) is 17.3. The van der Waals surface area contributed by atoms with Gasteiger partial charge in [-0.25, -0.2) is 18.7 Å². The number of aryl methyl sites for hydroxylation is 1. The van der Waals surface area contributed by atoms with Crippen LogP contribution in [0.5, 0.6) is 0 Å². The summed E-state index contributed by atoms with van der Waals surface area (Å²) >= 11 is 0. The van der Waals surface area contributed by atoms with Crippen LogP contribution < -0.4 is 11.0 Å². The Kier molecular flexibility index (Phi) is 10.6. The molecule has 0 atom stereocenters. The average molecular weight is 332 g/mol. The summed E-state index contributed by atoms with van der Waals surface area (Å²) in [5, 5.41) is 6.22. The Morgan fingerprint density at radius 1 is 1.43 bits per heavy atom. The fourth-order valence-electron chi connectivity index (χ4n) is 1.35. The molecule has 1 N–H and O–H groups in total. The molecule has 0 saturated heterocycles. The number of ether oxygens (including phenoxy) is 1. The van der Waals surface area contributed by atoms with Gasteiger partial charge in [0, 0.05) is 13.6 Å². The Bertz CT molecular complexity index is 556. The molecule has 0 aliphatic rings. The van der Waals surface area contributed by atoms with E-state index in [2.05, 4.69) is 10.4 Å². The number of aromatic nitrogens is 3. The highest BCUT2D eigenvalue weighted by Gasteiger charge is 2.16. The lowest BCUT2D eigenvalue weighted by molar-refractivity contribution is 0.0532. The maximum Gasteiger partial charge on any atom is 0.407 e. The number of carbonyl (C=O) groups is 1. The molecule has 0 aliphatic heterocycles. The molecule has 23 heavy (non-hydrogen) atoms. The van der Waals surface area contributed by atoms with Crippen molar-refractivity contribution in [3.63, 3.8) is 0 Å². The van der Waals surface area contributed by atoms with Crippen molar-refractivity contribution in [3.8, 4) is 0 Å². The van der Waals surface area contributed by atoms with Crippen molar-refractivity contribution in [2.45, 2.75) is 54.2 Å². The minimum Gasteiger partial charge on any atom is -0.444 e. The maximum absolute atomic E-state index is 12.8. The molecule has 1 aromatic rings. The molecule has 0 unspecified atom stereocenters. The van der Waals surface area contributed by atoms with E-state index in [1.807, 2.05) is 13.8 Å². The number of carbonyl (C=O) groups excluding carboxylic acids is 1. The van der Waals surface area contributed by atoms with E-state index in [1.165, 1.54) is 10.9 Å². The van der Waals surface area contributed by atoms with E-state index in [0.717, 1.165) is 4.68 Å². The SMILES string of the molecule is C.CC.Cn1cnn(CC(=CF)CNC(=O)OC(C)(C)C)c1=O. The minimum atomic E-state index is -0.648. The maximum atomic E-state index is 12.8. The summed E-state index contributed by atoms with van der Waals surface area (Å²) in [6.07, 6.45) is 1.03. The van der Waals surface area contributed by atoms with Crippen molar-refractivity contribution in [2.75, 3.05) is 6.54 Å². The zero-order valence-electron chi connectivity index (χ0n) is 14.0. The van der Waals surface area contributed by atoms with Crippen LogP contribution in [0.2, 0.25) is 0 Å². The Labute approximate surface area is 137 Å². The summed E-state index contributed by atoms with van der Waals surface area (Å²) < 4.78 is 20.2. The zero-order valence-corrected chi connectivity index (χ0v) is 14.0. The van der Waals surface area contributed by atoms with Crippen LogP contribution in [0.1, 0.15) is 42.0 Å². The van der Waals surface area contributed by atoms with Crippen LogP contribution in [0.15, 0.2) is 23.0 Å². The summed E-state index contributed by atoms with van der Waals surface area (Å²) in [6.45, 7) is 9.09. The standard InChI is InChI=1S/C12H19FN4O3.C2H6.CH4/c1-12(2,3)20-10(18)14-6-9(5-13)7-17-11(19)16(4)8-15-17;1-2;/h5,8H,6-7H2,1-4H3,(H,14,18);1-2H3;1H4. The molecule has 1 heterocycles. The van der Waals surface area contributed by atoms with Gasteiger partial charge in [-0.15, -0.1) is 0 Å². The van der Waals surface area contributed by atoms with Gasteiger partial charge in [-0.2, -0.15) is 5.10 Å². The molecular formula is C15H29FN4O3. The first-order valence-corrected chi connectivity index (χ1v) is 7.06. The highest BCUT2D eigenvalue weighted by molar-refractivity contribution is 5.67. The fourth-order valence-corrected chi connectivity index (χ4v) is 1.35. The largest absolute Gasteiger partial charge is 0.444 e. The van der Waals surface area contributed by atoms with Gasteiger partial charge in [-0.05, 0) is 26.3 Å². The first kappa shape index (κ1) is 23.2. The molecule has 0 aliphatic carbocycles.